The summed E-state index contributed by atoms with van der Waals surface area (Å²) >= 11 is 1.78. The number of hydrogen-bond donors (Lipinski definition) is 2. The molecule has 1 aliphatic rings. The van der Waals surface area contributed by atoms with E-state index in [-0.39, 0.29) is 23.4 Å². The van der Waals surface area contributed by atoms with Crippen LogP contribution in [0.1, 0.15) is 40.5 Å². The van der Waals surface area contributed by atoms with Gasteiger partial charge in [0.15, 0.2) is 0 Å². The van der Waals surface area contributed by atoms with Gasteiger partial charge in [0, 0.05) is 7.05 Å². The number of nitrogens with zero attached hydrogens (tertiary/aromatic N) is 1. The minimum atomic E-state index is -0.373. The summed E-state index contributed by atoms with van der Waals surface area (Å²) in [5.74, 6) is 0.908. The van der Waals surface area contributed by atoms with Gasteiger partial charge in [-0.25, -0.2) is 0 Å². The molecule has 1 saturated heterocycles. The van der Waals surface area contributed by atoms with E-state index < -0.39 is 0 Å². The lowest BCUT2D eigenvalue weighted by molar-refractivity contribution is -0.127. The summed E-state index contributed by atoms with van der Waals surface area (Å²) in [6.07, 6.45) is 2.43. The summed E-state index contributed by atoms with van der Waals surface area (Å²) < 4.78 is 0. The van der Waals surface area contributed by atoms with Gasteiger partial charge in [-0.15, -0.1) is 11.8 Å². The fourth-order valence-electron chi connectivity index (χ4n) is 2.68. The topological polar surface area (TPSA) is 75.4 Å². The molecule has 3 N–H and O–H groups in total. The summed E-state index contributed by atoms with van der Waals surface area (Å²) in [4.78, 5) is 24.6. The van der Waals surface area contributed by atoms with E-state index in [1.54, 1.807) is 18.8 Å². The van der Waals surface area contributed by atoms with Crippen molar-refractivity contribution in [2.45, 2.75) is 58.0 Å². The number of nitrogens with two attached hydrogens (primary N) is 1. The number of hydrogen-bond acceptors (Lipinski definition) is 5. The number of amides is 1. The molecule has 1 amide bonds. The molecule has 0 radical (unpaired) electrons. The maximum absolute atomic E-state index is 12.0. The Balaban J connectivity index is 0.00000191. The van der Waals surface area contributed by atoms with Crippen LogP contribution < -0.4 is 11.1 Å². The smallest absolute Gasteiger partial charge is 0.237 e. The number of likely N-dealkylation sites (tertiary alicyclic amines) is 1. The van der Waals surface area contributed by atoms with E-state index >= 15 is 0 Å². The first-order chi connectivity index (χ1) is 9.83. The maximum Gasteiger partial charge on any atom is 0.237 e. The Morgan fingerprint density at radius 2 is 2.10 bits per heavy atom. The molecule has 0 aromatic heterocycles. The predicted molar refractivity (Wildman–Crippen MR) is 90.3 cm³/mol. The Morgan fingerprint density at radius 1 is 1.52 bits per heavy atom. The summed E-state index contributed by atoms with van der Waals surface area (Å²) in [7, 11) is 3.67. The molecule has 0 aromatic rings. The standard InChI is InChI=1S/C13H25N3O2S.C2H6/c1-13(2)7-10(19-6-5-9(14)8-17)16(4)11(13)12(18)15-3;1-2/h8-11H,5-7,14H2,1-4H3,(H,15,18);1-2H3/t9?,10?,11-;/m1./s1. The van der Waals surface area contributed by atoms with E-state index in [1.165, 1.54) is 0 Å². The Morgan fingerprint density at radius 3 is 2.57 bits per heavy atom. The Hall–Kier alpha value is -0.590. The first kappa shape index (κ1) is 20.4. The zero-order chi connectivity index (χ0) is 16.6. The van der Waals surface area contributed by atoms with Gasteiger partial charge in [-0.2, -0.15) is 0 Å². The largest absolute Gasteiger partial charge is 0.358 e. The zero-order valence-corrected chi connectivity index (χ0v) is 15.0. The average Bonchev–Trinajstić information content (AvgIpc) is 2.69. The van der Waals surface area contributed by atoms with Gasteiger partial charge in [-0.3, -0.25) is 9.69 Å². The number of rotatable bonds is 6. The first-order valence-electron chi connectivity index (χ1n) is 7.59. The number of nitrogens with one attached hydrogen (secondary N) is 1. The quantitative estimate of drug-likeness (QED) is 0.726. The van der Waals surface area contributed by atoms with Crippen LogP contribution in [-0.4, -0.2) is 54.4 Å². The number of aldehydes is 1. The molecule has 1 rings (SSSR count). The lowest BCUT2D eigenvalue weighted by Gasteiger charge is -2.29. The fourth-order valence-corrected chi connectivity index (χ4v) is 4.27. The highest BCUT2D eigenvalue weighted by Gasteiger charge is 2.48. The van der Waals surface area contributed by atoms with Crippen molar-refractivity contribution in [2.75, 3.05) is 19.8 Å². The molecule has 0 bridgehead atoms. The molecule has 1 aliphatic heterocycles. The number of thioether (sulfide) groups is 1. The van der Waals surface area contributed by atoms with Gasteiger partial charge in [-0.1, -0.05) is 27.7 Å². The molecule has 6 heteroatoms. The van der Waals surface area contributed by atoms with E-state index in [0.717, 1.165) is 18.5 Å². The van der Waals surface area contributed by atoms with Crippen molar-refractivity contribution in [1.29, 1.82) is 0 Å². The molecule has 1 fully saturated rings. The van der Waals surface area contributed by atoms with Crippen LogP contribution in [0.2, 0.25) is 0 Å². The van der Waals surface area contributed by atoms with Gasteiger partial charge in [0.25, 0.3) is 0 Å². The fraction of sp³-hybridized carbons (Fsp3) is 0.867. The van der Waals surface area contributed by atoms with Crippen LogP contribution >= 0.6 is 11.8 Å². The van der Waals surface area contributed by atoms with Gasteiger partial charge < -0.3 is 15.8 Å². The van der Waals surface area contributed by atoms with E-state index in [0.29, 0.717) is 11.8 Å². The summed E-state index contributed by atoms with van der Waals surface area (Å²) in [5.41, 5.74) is 5.54. The molecule has 21 heavy (non-hydrogen) atoms. The van der Waals surface area contributed by atoms with Crippen LogP contribution in [0.3, 0.4) is 0 Å². The van der Waals surface area contributed by atoms with Crippen molar-refractivity contribution in [1.82, 2.24) is 10.2 Å². The third-order valence-corrected chi connectivity index (χ3v) is 5.09. The molecular weight excluding hydrogens is 286 g/mol. The lowest BCUT2D eigenvalue weighted by atomic mass is 9.84. The normalized spacial score (nSPS) is 25.7. The molecule has 0 spiro atoms. The van der Waals surface area contributed by atoms with Crippen molar-refractivity contribution in [3.8, 4) is 0 Å². The molecule has 5 nitrogen and oxygen atoms in total. The molecule has 2 unspecified atom stereocenters. The Kier molecular flexibility index (Phi) is 9.17. The van der Waals surface area contributed by atoms with E-state index in [9.17, 15) is 9.59 Å². The maximum atomic E-state index is 12.0. The minimum absolute atomic E-state index is 0.0424. The van der Waals surface area contributed by atoms with Crippen LogP contribution in [0, 0.1) is 5.41 Å². The first-order valence-corrected chi connectivity index (χ1v) is 8.64. The minimum Gasteiger partial charge on any atom is -0.358 e. The van der Waals surface area contributed by atoms with Crippen LogP contribution in [0.25, 0.3) is 0 Å². The van der Waals surface area contributed by atoms with Gasteiger partial charge in [0.2, 0.25) is 5.91 Å². The third-order valence-electron chi connectivity index (χ3n) is 3.73. The van der Waals surface area contributed by atoms with Crippen LogP contribution in [-0.2, 0) is 9.59 Å². The molecule has 124 valence electrons. The Labute approximate surface area is 133 Å². The van der Waals surface area contributed by atoms with E-state index in [1.807, 2.05) is 20.9 Å². The SMILES string of the molecule is CC.CNC(=O)[C@H]1N(C)C(SCCC(N)C=O)CC1(C)C. The van der Waals surface area contributed by atoms with Crippen LogP contribution in [0.15, 0.2) is 0 Å². The van der Waals surface area contributed by atoms with Crippen molar-refractivity contribution in [3.63, 3.8) is 0 Å². The summed E-state index contributed by atoms with van der Waals surface area (Å²) in [5, 5.41) is 3.04. The third kappa shape index (κ3) is 5.60. The zero-order valence-electron chi connectivity index (χ0n) is 14.2. The predicted octanol–water partition coefficient (Wildman–Crippen LogP) is 1.46. The van der Waals surface area contributed by atoms with Gasteiger partial charge >= 0.3 is 0 Å². The summed E-state index contributed by atoms with van der Waals surface area (Å²) in [6, 6.07) is -0.475. The van der Waals surface area contributed by atoms with Crippen molar-refractivity contribution < 1.29 is 9.59 Å². The number of likely N-dealkylation sites (N-methyl/N-ethyl adjacent to an activating group) is 2. The van der Waals surface area contributed by atoms with Crippen LogP contribution in [0.4, 0.5) is 0 Å². The molecule has 0 aromatic carbocycles. The van der Waals surface area contributed by atoms with Crippen LogP contribution in [0.5, 0.6) is 0 Å². The van der Waals surface area contributed by atoms with Crippen molar-refractivity contribution >= 4 is 24.0 Å². The van der Waals surface area contributed by atoms with Gasteiger partial charge in [0.05, 0.1) is 17.5 Å². The van der Waals surface area contributed by atoms with Crippen molar-refractivity contribution in [2.24, 2.45) is 11.1 Å². The Bertz CT molecular complexity index is 337. The highest BCUT2D eigenvalue weighted by molar-refractivity contribution is 7.99. The van der Waals surface area contributed by atoms with E-state index in [2.05, 4.69) is 24.1 Å². The average molecular weight is 317 g/mol. The second-order valence-electron chi connectivity index (χ2n) is 5.79. The molecular formula is C15H31N3O2S. The number of carbonyl (C=O) groups is 2. The highest BCUT2D eigenvalue weighted by Crippen LogP contribution is 2.43. The molecule has 1 heterocycles. The monoisotopic (exact) mass is 317 g/mol. The second kappa shape index (κ2) is 9.43. The lowest BCUT2D eigenvalue weighted by Crippen LogP contribution is -2.47. The highest BCUT2D eigenvalue weighted by atomic mass is 32.2. The van der Waals surface area contributed by atoms with E-state index in [4.69, 9.17) is 5.73 Å². The molecule has 3 atom stereocenters. The second-order valence-corrected chi connectivity index (χ2v) is 7.07. The molecule has 0 saturated carbocycles. The van der Waals surface area contributed by atoms with Crippen molar-refractivity contribution in [3.05, 3.63) is 0 Å². The summed E-state index contributed by atoms with van der Waals surface area (Å²) in [6.45, 7) is 8.25. The number of carbonyl (C=O) groups excluding carboxylic acids is 2. The molecule has 0 aliphatic carbocycles. The van der Waals surface area contributed by atoms with Gasteiger partial charge in [0.1, 0.15) is 6.29 Å². The van der Waals surface area contributed by atoms with Gasteiger partial charge in [-0.05, 0) is 31.1 Å².